The SMILES string of the molecule is Cc1cc(C(=O)N2CCOC[C@@H]2C(=O)O)c(C)n1[C@H](C)c1ccccc1. The molecule has 1 fully saturated rings. The molecular formula is C20H24N2O4. The molecule has 6 nitrogen and oxygen atoms in total. The van der Waals surface area contributed by atoms with E-state index >= 15 is 0 Å². The van der Waals surface area contributed by atoms with Gasteiger partial charge in [-0.05, 0) is 32.4 Å². The van der Waals surface area contributed by atoms with Gasteiger partial charge in [0.15, 0.2) is 6.04 Å². The Morgan fingerprint density at radius 2 is 1.92 bits per heavy atom. The molecule has 1 aromatic carbocycles. The van der Waals surface area contributed by atoms with E-state index < -0.39 is 12.0 Å². The molecule has 0 saturated carbocycles. The number of hydrogen-bond acceptors (Lipinski definition) is 3. The Hall–Kier alpha value is -2.60. The van der Waals surface area contributed by atoms with E-state index in [1.807, 2.05) is 38.1 Å². The van der Waals surface area contributed by atoms with Crippen LogP contribution in [-0.2, 0) is 9.53 Å². The van der Waals surface area contributed by atoms with Gasteiger partial charge in [0.2, 0.25) is 0 Å². The van der Waals surface area contributed by atoms with Crippen LogP contribution in [0.15, 0.2) is 36.4 Å². The van der Waals surface area contributed by atoms with Crippen LogP contribution in [0.3, 0.4) is 0 Å². The van der Waals surface area contributed by atoms with Gasteiger partial charge in [-0.15, -0.1) is 0 Å². The van der Waals surface area contributed by atoms with E-state index in [2.05, 4.69) is 23.6 Å². The number of carboxylic acid groups (broad SMARTS) is 1. The highest BCUT2D eigenvalue weighted by atomic mass is 16.5. The van der Waals surface area contributed by atoms with E-state index in [4.69, 9.17) is 4.74 Å². The highest BCUT2D eigenvalue weighted by Crippen LogP contribution is 2.27. The molecule has 1 aromatic heterocycles. The Kier molecular flexibility index (Phi) is 5.13. The van der Waals surface area contributed by atoms with Gasteiger partial charge in [-0.2, -0.15) is 0 Å². The normalized spacial score (nSPS) is 18.6. The smallest absolute Gasteiger partial charge is 0.328 e. The minimum absolute atomic E-state index is 0.0280. The van der Waals surface area contributed by atoms with Gasteiger partial charge in [-0.25, -0.2) is 4.79 Å². The number of aliphatic carboxylic acids is 1. The van der Waals surface area contributed by atoms with Crippen LogP contribution in [0.1, 0.15) is 40.3 Å². The number of nitrogens with zero attached hydrogens (tertiary/aromatic N) is 2. The third kappa shape index (κ3) is 3.24. The lowest BCUT2D eigenvalue weighted by atomic mass is 10.1. The number of benzene rings is 1. The summed E-state index contributed by atoms with van der Waals surface area (Å²) in [6.07, 6.45) is 0. The highest BCUT2D eigenvalue weighted by molar-refractivity contribution is 5.98. The summed E-state index contributed by atoms with van der Waals surface area (Å²) >= 11 is 0. The van der Waals surface area contributed by atoms with Crippen molar-refractivity contribution in [2.45, 2.75) is 32.9 Å². The summed E-state index contributed by atoms with van der Waals surface area (Å²) in [4.78, 5) is 25.9. The van der Waals surface area contributed by atoms with E-state index in [0.717, 1.165) is 17.0 Å². The molecule has 0 unspecified atom stereocenters. The van der Waals surface area contributed by atoms with Crippen LogP contribution in [0.5, 0.6) is 0 Å². The molecule has 2 heterocycles. The van der Waals surface area contributed by atoms with Crippen LogP contribution in [0.25, 0.3) is 0 Å². The largest absolute Gasteiger partial charge is 0.480 e. The molecule has 2 atom stereocenters. The molecule has 0 bridgehead atoms. The number of rotatable bonds is 4. The summed E-state index contributed by atoms with van der Waals surface area (Å²) in [5.41, 5.74) is 3.53. The van der Waals surface area contributed by atoms with Gasteiger partial charge in [0.25, 0.3) is 5.91 Å². The van der Waals surface area contributed by atoms with Crippen molar-refractivity contribution >= 4 is 11.9 Å². The van der Waals surface area contributed by atoms with E-state index in [9.17, 15) is 14.7 Å². The van der Waals surface area contributed by atoms with Gasteiger partial charge < -0.3 is 19.3 Å². The first kappa shape index (κ1) is 18.2. The van der Waals surface area contributed by atoms with Gasteiger partial charge in [0.1, 0.15) is 0 Å². The second kappa shape index (κ2) is 7.33. The van der Waals surface area contributed by atoms with Crippen LogP contribution in [0.2, 0.25) is 0 Å². The van der Waals surface area contributed by atoms with Crippen molar-refractivity contribution < 1.29 is 19.4 Å². The third-order valence-electron chi connectivity index (χ3n) is 5.06. The fourth-order valence-electron chi connectivity index (χ4n) is 3.68. The maximum absolute atomic E-state index is 13.1. The lowest BCUT2D eigenvalue weighted by Gasteiger charge is -2.33. The number of hydrogen-bond donors (Lipinski definition) is 1. The highest BCUT2D eigenvalue weighted by Gasteiger charge is 2.34. The van der Waals surface area contributed by atoms with Crippen LogP contribution < -0.4 is 0 Å². The van der Waals surface area contributed by atoms with Crippen molar-refractivity contribution in [1.29, 1.82) is 0 Å². The monoisotopic (exact) mass is 356 g/mol. The maximum atomic E-state index is 13.1. The first-order valence-electron chi connectivity index (χ1n) is 8.76. The van der Waals surface area contributed by atoms with E-state index in [1.165, 1.54) is 4.90 Å². The van der Waals surface area contributed by atoms with Gasteiger partial charge in [0.05, 0.1) is 24.8 Å². The molecule has 0 aliphatic carbocycles. The molecule has 138 valence electrons. The van der Waals surface area contributed by atoms with Crippen LogP contribution in [0.4, 0.5) is 0 Å². The van der Waals surface area contributed by atoms with Crippen molar-refractivity contribution in [1.82, 2.24) is 9.47 Å². The molecular weight excluding hydrogens is 332 g/mol. The second-order valence-corrected chi connectivity index (χ2v) is 6.67. The lowest BCUT2D eigenvalue weighted by Crippen LogP contribution is -2.52. The van der Waals surface area contributed by atoms with Crippen LogP contribution in [0, 0.1) is 13.8 Å². The predicted octanol–water partition coefficient (Wildman–Crippen LogP) is 2.64. The summed E-state index contributed by atoms with van der Waals surface area (Å²) < 4.78 is 7.36. The number of carbonyl (C=O) groups is 2. The zero-order valence-corrected chi connectivity index (χ0v) is 15.3. The zero-order chi connectivity index (χ0) is 18.8. The molecule has 2 aromatic rings. The summed E-state index contributed by atoms with van der Waals surface area (Å²) in [7, 11) is 0. The van der Waals surface area contributed by atoms with Crippen LogP contribution in [-0.4, -0.2) is 52.3 Å². The predicted molar refractivity (Wildman–Crippen MR) is 97.4 cm³/mol. The number of amides is 1. The molecule has 1 aliphatic rings. The third-order valence-corrected chi connectivity index (χ3v) is 5.06. The zero-order valence-electron chi connectivity index (χ0n) is 15.3. The lowest BCUT2D eigenvalue weighted by molar-refractivity contribution is -0.147. The average Bonchev–Trinajstić information content (AvgIpc) is 2.95. The number of aryl methyl sites for hydroxylation is 1. The minimum Gasteiger partial charge on any atom is -0.480 e. The number of carboxylic acids is 1. The summed E-state index contributed by atoms with van der Waals surface area (Å²) in [5.74, 6) is -1.29. The standard InChI is InChI=1S/C20H24N2O4/c1-13-11-17(19(23)21-9-10-26-12-18(21)20(24)25)15(3)22(13)14(2)16-7-5-4-6-8-16/h4-8,11,14,18H,9-10,12H2,1-3H3,(H,24,25)/t14-,18-/m1/s1. The number of ether oxygens (including phenoxy) is 1. The van der Waals surface area contributed by atoms with Crippen molar-refractivity contribution in [2.75, 3.05) is 19.8 Å². The van der Waals surface area contributed by atoms with Crippen LogP contribution >= 0.6 is 0 Å². The number of aromatic nitrogens is 1. The second-order valence-electron chi connectivity index (χ2n) is 6.67. The van der Waals surface area contributed by atoms with Crippen molar-refractivity contribution in [3.05, 3.63) is 58.9 Å². The topological polar surface area (TPSA) is 71.8 Å². The first-order chi connectivity index (χ1) is 12.4. The Balaban J connectivity index is 1.94. The van der Waals surface area contributed by atoms with E-state index in [-0.39, 0.29) is 25.1 Å². The van der Waals surface area contributed by atoms with Gasteiger partial charge in [-0.3, -0.25) is 4.79 Å². The fraction of sp³-hybridized carbons (Fsp3) is 0.400. The van der Waals surface area contributed by atoms with Gasteiger partial charge in [0, 0.05) is 17.9 Å². The first-order valence-corrected chi connectivity index (χ1v) is 8.76. The van der Waals surface area contributed by atoms with Crippen molar-refractivity contribution in [3.8, 4) is 0 Å². The minimum atomic E-state index is -1.04. The Morgan fingerprint density at radius 3 is 2.58 bits per heavy atom. The fourth-order valence-corrected chi connectivity index (χ4v) is 3.68. The summed E-state index contributed by atoms with van der Waals surface area (Å²) in [6.45, 7) is 6.65. The quantitative estimate of drug-likeness (QED) is 0.914. The molecule has 26 heavy (non-hydrogen) atoms. The molecule has 3 rings (SSSR count). The maximum Gasteiger partial charge on any atom is 0.328 e. The molecule has 6 heteroatoms. The average molecular weight is 356 g/mol. The Bertz CT molecular complexity index is 813. The molecule has 1 N–H and O–H groups in total. The summed E-state index contributed by atoms with van der Waals surface area (Å²) in [5, 5.41) is 9.39. The van der Waals surface area contributed by atoms with Crippen molar-refractivity contribution in [3.63, 3.8) is 0 Å². The molecule has 0 radical (unpaired) electrons. The molecule has 1 amide bonds. The van der Waals surface area contributed by atoms with Gasteiger partial charge in [-0.1, -0.05) is 30.3 Å². The van der Waals surface area contributed by atoms with Crippen molar-refractivity contribution in [2.24, 2.45) is 0 Å². The molecule has 1 saturated heterocycles. The van der Waals surface area contributed by atoms with Gasteiger partial charge >= 0.3 is 5.97 Å². The van der Waals surface area contributed by atoms with E-state index in [1.54, 1.807) is 0 Å². The number of morpholine rings is 1. The molecule has 1 aliphatic heterocycles. The summed E-state index contributed by atoms with van der Waals surface area (Å²) in [6, 6.07) is 11.1. The Labute approximate surface area is 153 Å². The van der Waals surface area contributed by atoms with E-state index in [0.29, 0.717) is 12.2 Å². The Morgan fingerprint density at radius 1 is 1.23 bits per heavy atom. The number of carbonyl (C=O) groups excluding carboxylic acids is 1. The molecule has 0 spiro atoms.